The van der Waals surface area contributed by atoms with E-state index in [0.29, 0.717) is 17.5 Å². The predicted molar refractivity (Wildman–Crippen MR) is 81.8 cm³/mol. The molecule has 0 bridgehead atoms. The van der Waals surface area contributed by atoms with Gasteiger partial charge in [-0.2, -0.15) is 0 Å². The van der Waals surface area contributed by atoms with Gasteiger partial charge < -0.3 is 10.0 Å². The number of carbonyl (C=O) groups excluding carboxylic acids is 1. The normalized spacial score (nSPS) is 24.1. The Kier molecular flexibility index (Phi) is 4.26. The number of hydrogen-bond acceptors (Lipinski definition) is 2. The van der Waals surface area contributed by atoms with Gasteiger partial charge in [-0.3, -0.25) is 4.79 Å². The van der Waals surface area contributed by atoms with Crippen LogP contribution in [0, 0.1) is 17.8 Å². The highest BCUT2D eigenvalue weighted by atomic mass is 16.2. The molecule has 1 aliphatic carbocycles. The number of carbonyl (C=O) groups is 1. The SMILES string of the molecule is O=C(c1cccc(C#CCO)c1)N1CCC2CCCCC21. The molecule has 0 radical (unpaired) electrons. The van der Waals surface area contributed by atoms with Crippen LogP contribution in [0.4, 0.5) is 0 Å². The van der Waals surface area contributed by atoms with Crippen LogP contribution in [-0.4, -0.2) is 35.1 Å². The molecule has 21 heavy (non-hydrogen) atoms. The third-order valence-electron chi connectivity index (χ3n) is 4.69. The average molecular weight is 283 g/mol. The molecule has 1 N–H and O–H groups in total. The zero-order valence-corrected chi connectivity index (χ0v) is 12.2. The molecule has 1 aliphatic heterocycles. The summed E-state index contributed by atoms with van der Waals surface area (Å²) in [6, 6.07) is 7.87. The zero-order chi connectivity index (χ0) is 14.7. The fourth-order valence-corrected chi connectivity index (χ4v) is 3.70. The van der Waals surface area contributed by atoms with E-state index in [2.05, 4.69) is 16.7 Å². The van der Waals surface area contributed by atoms with Gasteiger partial charge in [0.05, 0.1) is 0 Å². The molecule has 110 valence electrons. The van der Waals surface area contributed by atoms with Gasteiger partial charge in [-0.25, -0.2) is 0 Å². The Morgan fingerprint density at radius 2 is 2.14 bits per heavy atom. The standard InChI is InChI=1S/C18H21NO2/c20-12-4-6-14-5-3-8-16(13-14)18(21)19-11-10-15-7-1-2-9-17(15)19/h3,5,8,13,15,17,20H,1-2,7,9-12H2. The Bertz CT molecular complexity index is 584. The molecule has 1 aromatic rings. The smallest absolute Gasteiger partial charge is 0.254 e. The van der Waals surface area contributed by atoms with E-state index in [1.165, 1.54) is 19.3 Å². The number of aliphatic hydroxyl groups is 1. The van der Waals surface area contributed by atoms with E-state index in [0.717, 1.165) is 24.9 Å². The van der Waals surface area contributed by atoms with Crippen LogP contribution in [0.5, 0.6) is 0 Å². The van der Waals surface area contributed by atoms with E-state index in [1.807, 2.05) is 24.3 Å². The third-order valence-corrected chi connectivity index (χ3v) is 4.69. The Morgan fingerprint density at radius 1 is 1.29 bits per heavy atom. The van der Waals surface area contributed by atoms with Gasteiger partial charge in [-0.15, -0.1) is 0 Å². The summed E-state index contributed by atoms with van der Waals surface area (Å²) in [5.74, 6) is 6.34. The van der Waals surface area contributed by atoms with Crippen LogP contribution in [0.1, 0.15) is 48.0 Å². The highest BCUT2D eigenvalue weighted by molar-refractivity contribution is 5.95. The highest BCUT2D eigenvalue weighted by Crippen LogP contribution is 2.36. The van der Waals surface area contributed by atoms with Crippen molar-refractivity contribution in [2.45, 2.75) is 38.1 Å². The van der Waals surface area contributed by atoms with Gasteiger partial charge in [-0.05, 0) is 43.4 Å². The molecule has 3 heteroatoms. The second kappa shape index (κ2) is 6.32. The molecule has 1 saturated carbocycles. The number of likely N-dealkylation sites (tertiary alicyclic amines) is 1. The molecule has 1 amide bonds. The lowest BCUT2D eigenvalue weighted by atomic mass is 9.85. The summed E-state index contributed by atoms with van der Waals surface area (Å²) in [6.45, 7) is 0.731. The van der Waals surface area contributed by atoms with Crippen molar-refractivity contribution in [1.82, 2.24) is 4.90 Å². The average Bonchev–Trinajstić information content (AvgIpc) is 2.96. The summed E-state index contributed by atoms with van der Waals surface area (Å²) < 4.78 is 0. The molecular formula is C18H21NO2. The van der Waals surface area contributed by atoms with Crippen LogP contribution in [0.3, 0.4) is 0 Å². The first-order valence-corrected chi connectivity index (χ1v) is 7.80. The molecule has 2 atom stereocenters. The van der Waals surface area contributed by atoms with Crippen molar-refractivity contribution in [2.75, 3.05) is 13.2 Å². The molecule has 1 saturated heterocycles. The van der Waals surface area contributed by atoms with Crippen molar-refractivity contribution in [3.63, 3.8) is 0 Å². The maximum atomic E-state index is 12.8. The summed E-state index contributed by atoms with van der Waals surface area (Å²) in [5.41, 5.74) is 1.50. The van der Waals surface area contributed by atoms with Crippen LogP contribution in [-0.2, 0) is 0 Å². The molecule has 1 heterocycles. The van der Waals surface area contributed by atoms with E-state index in [-0.39, 0.29) is 12.5 Å². The quantitative estimate of drug-likeness (QED) is 0.804. The fraction of sp³-hybridized carbons (Fsp3) is 0.500. The van der Waals surface area contributed by atoms with Crippen LogP contribution in [0.25, 0.3) is 0 Å². The minimum Gasteiger partial charge on any atom is -0.384 e. The summed E-state index contributed by atoms with van der Waals surface area (Å²) in [7, 11) is 0. The van der Waals surface area contributed by atoms with Gasteiger partial charge in [-0.1, -0.05) is 30.7 Å². The van der Waals surface area contributed by atoms with E-state index in [4.69, 9.17) is 5.11 Å². The first kappa shape index (κ1) is 14.2. The zero-order valence-electron chi connectivity index (χ0n) is 12.2. The van der Waals surface area contributed by atoms with E-state index in [1.54, 1.807) is 0 Å². The second-order valence-electron chi connectivity index (χ2n) is 5.94. The summed E-state index contributed by atoms with van der Waals surface area (Å²) in [5, 5.41) is 8.76. The molecule has 2 unspecified atom stereocenters. The maximum Gasteiger partial charge on any atom is 0.254 e. The summed E-state index contributed by atoms with van der Waals surface area (Å²) >= 11 is 0. The Morgan fingerprint density at radius 3 is 3.00 bits per heavy atom. The van der Waals surface area contributed by atoms with E-state index >= 15 is 0 Å². The van der Waals surface area contributed by atoms with Crippen LogP contribution in [0.15, 0.2) is 24.3 Å². The molecule has 3 rings (SSSR count). The monoisotopic (exact) mass is 283 g/mol. The predicted octanol–water partition coefficient (Wildman–Crippen LogP) is 2.44. The van der Waals surface area contributed by atoms with Gasteiger partial charge >= 0.3 is 0 Å². The van der Waals surface area contributed by atoms with Crippen LogP contribution in [0.2, 0.25) is 0 Å². The molecular weight excluding hydrogens is 262 g/mol. The Hall–Kier alpha value is -1.79. The second-order valence-corrected chi connectivity index (χ2v) is 5.94. The van der Waals surface area contributed by atoms with Gasteiger partial charge in [0.25, 0.3) is 5.91 Å². The third kappa shape index (κ3) is 2.96. The molecule has 0 spiro atoms. The van der Waals surface area contributed by atoms with Gasteiger partial charge in [0, 0.05) is 23.7 Å². The number of aliphatic hydroxyl groups excluding tert-OH is 1. The minimum atomic E-state index is -0.159. The van der Waals surface area contributed by atoms with Crippen molar-refractivity contribution in [3.8, 4) is 11.8 Å². The fourth-order valence-electron chi connectivity index (χ4n) is 3.70. The van der Waals surface area contributed by atoms with Gasteiger partial charge in [0.1, 0.15) is 6.61 Å². The largest absolute Gasteiger partial charge is 0.384 e. The van der Waals surface area contributed by atoms with Gasteiger partial charge in [0.15, 0.2) is 0 Å². The van der Waals surface area contributed by atoms with Crippen LogP contribution >= 0.6 is 0 Å². The molecule has 2 fully saturated rings. The van der Waals surface area contributed by atoms with Crippen molar-refractivity contribution in [2.24, 2.45) is 5.92 Å². The Balaban J connectivity index is 1.79. The first-order chi connectivity index (χ1) is 10.3. The lowest BCUT2D eigenvalue weighted by Gasteiger charge is -2.31. The molecule has 3 nitrogen and oxygen atoms in total. The van der Waals surface area contributed by atoms with Gasteiger partial charge in [0.2, 0.25) is 0 Å². The minimum absolute atomic E-state index is 0.136. The van der Waals surface area contributed by atoms with Crippen molar-refractivity contribution < 1.29 is 9.90 Å². The van der Waals surface area contributed by atoms with Crippen molar-refractivity contribution in [3.05, 3.63) is 35.4 Å². The van der Waals surface area contributed by atoms with E-state index < -0.39 is 0 Å². The first-order valence-electron chi connectivity index (χ1n) is 7.80. The number of amides is 1. The number of rotatable bonds is 1. The molecule has 2 aliphatic rings. The van der Waals surface area contributed by atoms with Crippen molar-refractivity contribution in [1.29, 1.82) is 0 Å². The number of nitrogens with zero attached hydrogens (tertiary/aromatic N) is 1. The van der Waals surface area contributed by atoms with Crippen molar-refractivity contribution >= 4 is 5.91 Å². The lowest BCUT2D eigenvalue weighted by Crippen LogP contribution is -2.39. The summed E-state index contributed by atoms with van der Waals surface area (Å²) in [4.78, 5) is 14.8. The maximum absolute atomic E-state index is 12.8. The number of benzene rings is 1. The Labute approximate surface area is 126 Å². The molecule has 0 aromatic heterocycles. The van der Waals surface area contributed by atoms with Crippen LogP contribution < -0.4 is 0 Å². The van der Waals surface area contributed by atoms with E-state index in [9.17, 15) is 4.79 Å². The lowest BCUT2D eigenvalue weighted by molar-refractivity contribution is 0.0690. The summed E-state index contributed by atoms with van der Waals surface area (Å²) in [6.07, 6.45) is 6.14. The number of hydrogen-bond donors (Lipinski definition) is 1. The molecule has 1 aromatic carbocycles. The highest BCUT2D eigenvalue weighted by Gasteiger charge is 2.38. The number of fused-ring (bicyclic) bond motifs is 1. The topological polar surface area (TPSA) is 40.5 Å².